The number of aromatic nitrogens is 4. The Labute approximate surface area is 139 Å². The predicted octanol–water partition coefficient (Wildman–Crippen LogP) is 4.36. The van der Waals surface area contributed by atoms with Gasteiger partial charge in [-0.3, -0.25) is 0 Å². The van der Waals surface area contributed by atoms with E-state index in [4.69, 9.17) is 8.83 Å². The summed E-state index contributed by atoms with van der Waals surface area (Å²) in [5.74, 6) is 2.02. The van der Waals surface area contributed by atoms with Crippen LogP contribution < -0.4 is 0 Å². The van der Waals surface area contributed by atoms with E-state index in [2.05, 4.69) is 15.3 Å². The summed E-state index contributed by atoms with van der Waals surface area (Å²) in [4.78, 5) is 0.713. The van der Waals surface area contributed by atoms with Gasteiger partial charge in [-0.25, -0.2) is 0 Å². The zero-order valence-corrected chi connectivity index (χ0v) is 13.1. The Morgan fingerprint density at radius 3 is 2.88 bits per heavy atom. The van der Waals surface area contributed by atoms with Crippen LogP contribution in [-0.2, 0) is 0 Å². The van der Waals surface area contributed by atoms with Crippen molar-refractivity contribution >= 4 is 39.4 Å². The second-order valence-corrected chi connectivity index (χ2v) is 6.14. The minimum absolute atomic E-state index is 0.593. The topological polar surface area (TPSA) is 69.4 Å². The van der Waals surface area contributed by atoms with Crippen LogP contribution in [0.5, 0.6) is 0 Å². The summed E-state index contributed by atoms with van der Waals surface area (Å²) in [6, 6.07) is 13.5. The molecule has 5 rings (SSSR count). The van der Waals surface area contributed by atoms with E-state index in [9.17, 15) is 0 Å². The molecule has 4 aromatic heterocycles. The Morgan fingerprint density at radius 1 is 1.04 bits per heavy atom. The minimum Gasteiger partial charge on any atom is -0.465 e. The van der Waals surface area contributed by atoms with Crippen LogP contribution in [0.15, 0.2) is 57.6 Å². The summed E-state index contributed by atoms with van der Waals surface area (Å²) in [6.45, 7) is 0. The van der Waals surface area contributed by atoms with Crippen LogP contribution in [0, 0.1) is 0 Å². The lowest BCUT2D eigenvalue weighted by molar-refractivity contribution is 0.557. The zero-order chi connectivity index (χ0) is 15.9. The minimum atomic E-state index is 0.593. The number of hydrogen-bond donors (Lipinski definition) is 0. The summed E-state index contributed by atoms with van der Waals surface area (Å²) in [5.41, 5.74) is 0.817. The van der Waals surface area contributed by atoms with Crippen molar-refractivity contribution in [2.75, 3.05) is 0 Å². The molecule has 0 fully saturated rings. The van der Waals surface area contributed by atoms with E-state index in [1.54, 1.807) is 10.8 Å². The van der Waals surface area contributed by atoms with Crippen molar-refractivity contribution in [1.29, 1.82) is 0 Å². The van der Waals surface area contributed by atoms with Crippen LogP contribution in [0.4, 0.5) is 0 Å². The third-order valence-electron chi connectivity index (χ3n) is 3.59. The summed E-state index contributed by atoms with van der Waals surface area (Å²) < 4.78 is 12.8. The predicted molar refractivity (Wildman–Crippen MR) is 91.5 cm³/mol. The second kappa shape index (κ2) is 5.17. The van der Waals surface area contributed by atoms with E-state index in [1.807, 2.05) is 54.6 Å². The number of rotatable bonds is 3. The van der Waals surface area contributed by atoms with Gasteiger partial charge < -0.3 is 8.83 Å². The van der Waals surface area contributed by atoms with Gasteiger partial charge in [-0.15, -0.1) is 10.2 Å². The van der Waals surface area contributed by atoms with Gasteiger partial charge in [-0.2, -0.15) is 9.61 Å². The molecule has 0 aliphatic rings. The van der Waals surface area contributed by atoms with Crippen molar-refractivity contribution in [2.45, 2.75) is 0 Å². The van der Waals surface area contributed by atoms with Gasteiger partial charge >= 0.3 is 0 Å². The lowest BCUT2D eigenvalue weighted by atomic mass is 10.2. The van der Waals surface area contributed by atoms with Crippen LogP contribution in [0.3, 0.4) is 0 Å². The molecular formula is C17H10N4O2S. The molecule has 116 valence electrons. The van der Waals surface area contributed by atoms with Crippen LogP contribution in [0.25, 0.3) is 39.7 Å². The van der Waals surface area contributed by atoms with Gasteiger partial charge in [0, 0.05) is 5.39 Å². The molecule has 0 N–H and O–H groups in total. The summed E-state index contributed by atoms with van der Waals surface area (Å²) in [7, 11) is 0. The molecule has 0 amide bonds. The van der Waals surface area contributed by atoms with Crippen LogP contribution in [0.1, 0.15) is 10.8 Å². The standard InChI is InChI=1S/C17H10N4O2S/c1-2-6-13-11(4-1)10-14(23-13)16-18-19-17-21(16)20-15(24-17)8-7-12-5-3-9-22-12/h1-10H/b8-7+. The third-order valence-corrected chi connectivity index (χ3v) is 4.45. The molecule has 0 bridgehead atoms. The largest absolute Gasteiger partial charge is 0.465 e. The van der Waals surface area contributed by atoms with E-state index in [1.165, 1.54) is 11.3 Å². The SMILES string of the molecule is C(=C\c1nn2c(-c3cc4ccccc4o3)nnc2s1)/c1ccco1. The fourth-order valence-corrected chi connectivity index (χ4v) is 3.23. The van der Waals surface area contributed by atoms with Gasteiger partial charge in [0.2, 0.25) is 10.8 Å². The highest BCUT2D eigenvalue weighted by molar-refractivity contribution is 7.17. The number of furan rings is 2. The van der Waals surface area contributed by atoms with Crippen molar-refractivity contribution in [3.05, 3.63) is 59.5 Å². The molecule has 0 saturated heterocycles. The zero-order valence-electron chi connectivity index (χ0n) is 12.3. The van der Waals surface area contributed by atoms with Crippen LogP contribution in [-0.4, -0.2) is 19.8 Å². The molecule has 6 nitrogen and oxygen atoms in total. The average Bonchev–Trinajstić information content (AvgIpc) is 3.34. The Bertz CT molecular complexity index is 1130. The monoisotopic (exact) mass is 334 g/mol. The average molecular weight is 334 g/mol. The van der Waals surface area contributed by atoms with Gasteiger partial charge in [-0.05, 0) is 36.4 Å². The fraction of sp³-hybridized carbons (Fsp3) is 0. The molecule has 7 heteroatoms. The molecule has 0 radical (unpaired) electrons. The van der Waals surface area contributed by atoms with Gasteiger partial charge in [0.05, 0.1) is 6.26 Å². The highest BCUT2D eigenvalue weighted by atomic mass is 32.1. The lowest BCUT2D eigenvalue weighted by Crippen LogP contribution is -1.89. The van der Waals surface area contributed by atoms with Crippen LogP contribution >= 0.6 is 11.3 Å². The molecule has 0 spiro atoms. The van der Waals surface area contributed by atoms with Crippen LogP contribution in [0.2, 0.25) is 0 Å². The normalized spacial score (nSPS) is 12.0. The van der Waals surface area contributed by atoms with E-state index >= 15 is 0 Å². The number of para-hydroxylation sites is 1. The van der Waals surface area contributed by atoms with E-state index in [-0.39, 0.29) is 0 Å². The summed E-state index contributed by atoms with van der Waals surface area (Å²) in [5, 5.41) is 14.8. The Balaban J connectivity index is 1.57. The molecule has 0 atom stereocenters. The molecule has 0 unspecified atom stereocenters. The van der Waals surface area contributed by atoms with Gasteiger partial charge in [0.25, 0.3) is 0 Å². The number of benzene rings is 1. The maximum atomic E-state index is 5.86. The highest BCUT2D eigenvalue weighted by Crippen LogP contribution is 2.28. The van der Waals surface area contributed by atoms with E-state index in [0.717, 1.165) is 21.7 Å². The summed E-state index contributed by atoms with van der Waals surface area (Å²) >= 11 is 1.45. The first-order chi connectivity index (χ1) is 11.9. The third kappa shape index (κ3) is 2.14. The number of fused-ring (bicyclic) bond motifs is 2. The van der Waals surface area contributed by atoms with Crippen molar-refractivity contribution in [3.63, 3.8) is 0 Å². The Kier molecular flexibility index (Phi) is 2.86. The molecule has 4 heterocycles. The highest BCUT2D eigenvalue weighted by Gasteiger charge is 2.16. The first kappa shape index (κ1) is 13.3. The molecular weight excluding hydrogens is 324 g/mol. The van der Waals surface area contributed by atoms with E-state index in [0.29, 0.717) is 16.5 Å². The van der Waals surface area contributed by atoms with Gasteiger partial charge in [0.15, 0.2) is 5.76 Å². The maximum absolute atomic E-state index is 5.86. The Morgan fingerprint density at radius 2 is 2.00 bits per heavy atom. The van der Waals surface area contributed by atoms with Crippen molar-refractivity contribution in [1.82, 2.24) is 19.8 Å². The molecule has 1 aromatic carbocycles. The van der Waals surface area contributed by atoms with Crippen molar-refractivity contribution in [2.24, 2.45) is 0 Å². The quantitative estimate of drug-likeness (QED) is 0.490. The second-order valence-electron chi connectivity index (χ2n) is 5.16. The molecule has 0 aliphatic heterocycles. The first-order valence-electron chi connectivity index (χ1n) is 7.30. The Hall–Kier alpha value is -3.19. The molecule has 0 aliphatic carbocycles. The number of nitrogens with zero attached hydrogens (tertiary/aromatic N) is 4. The fourth-order valence-electron chi connectivity index (χ4n) is 2.48. The van der Waals surface area contributed by atoms with Gasteiger partial charge in [-0.1, -0.05) is 29.5 Å². The molecule has 24 heavy (non-hydrogen) atoms. The molecule has 0 saturated carbocycles. The lowest BCUT2D eigenvalue weighted by Gasteiger charge is -1.89. The van der Waals surface area contributed by atoms with Crippen molar-refractivity contribution in [3.8, 4) is 11.6 Å². The van der Waals surface area contributed by atoms with E-state index < -0.39 is 0 Å². The van der Waals surface area contributed by atoms with Gasteiger partial charge in [0.1, 0.15) is 16.4 Å². The number of hydrogen-bond acceptors (Lipinski definition) is 6. The maximum Gasteiger partial charge on any atom is 0.235 e. The molecule has 5 aromatic rings. The smallest absolute Gasteiger partial charge is 0.235 e. The first-order valence-corrected chi connectivity index (χ1v) is 8.11. The summed E-state index contributed by atoms with van der Waals surface area (Å²) in [6.07, 6.45) is 5.39. The van der Waals surface area contributed by atoms with Crippen molar-refractivity contribution < 1.29 is 8.83 Å².